The van der Waals surface area contributed by atoms with Gasteiger partial charge in [0.15, 0.2) is 5.13 Å². The number of fused-ring (bicyclic) bond motifs is 1. The van der Waals surface area contributed by atoms with Crippen molar-refractivity contribution in [3.05, 3.63) is 70.0 Å². The van der Waals surface area contributed by atoms with Crippen molar-refractivity contribution in [1.29, 1.82) is 0 Å². The van der Waals surface area contributed by atoms with Crippen LogP contribution in [0.15, 0.2) is 47.4 Å². The van der Waals surface area contributed by atoms with E-state index < -0.39 is 10.0 Å². The molecule has 2 heterocycles. The van der Waals surface area contributed by atoms with Gasteiger partial charge >= 0.3 is 0 Å². The van der Waals surface area contributed by atoms with Gasteiger partial charge in [-0.25, -0.2) is 13.4 Å². The molecule has 39 heavy (non-hydrogen) atoms. The molecule has 0 fully saturated rings. The van der Waals surface area contributed by atoms with Gasteiger partial charge in [0.25, 0.3) is 5.91 Å². The summed E-state index contributed by atoms with van der Waals surface area (Å²) in [5.41, 5.74) is 4.03. The Morgan fingerprint density at radius 1 is 1.05 bits per heavy atom. The van der Waals surface area contributed by atoms with Gasteiger partial charge in [-0.15, -0.1) is 0 Å². The molecule has 2 aromatic carbocycles. The maximum atomic E-state index is 13.9. The molecule has 0 aliphatic heterocycles. The van der Waals surface area contributed by atoms with Crippen LogP contribution in [0.1, 0.15) is 54.0 Å². The number of sulfonamides is 1. The Hall–Kier alpha value is -2.79. The first-order valence-corrected chi connectivity index (χ1v) is 15.7. The number of anilines is 1. The molecule has 0 radical (unpaired) electrons. The van der Waals surface area contributed by atoms with Crippen LogP contribution in [0.25, 0.3) is 10.2 Å². The zero-order valence-corrected chi connectivity index (χ0v) is 25.3. The number of halogens is 1. The standard InChI is InChI=1S/C28H34ClN5O3S2/c1-6-8-13-32(7-2)39(36,37)24-11-9-22(10-12-24)27(35)33(14-15-34-21(5)17-20(4)31-34)28-30-26-19(3)16-23(29)18-25(26)38-28/h9-12,16-18H,6-8,13-15H2,1-5H3. The number of hydrogen-bond acceptors (Lipinski definition) is 6. The predicted octanol–water partition coefficient (Wildman–Crippen LogP) is 6.23. The molecule has 0 aliphatic rings. The second-order valence-corrected chi connectivity index (χ2v) is 12.9. The molecule has 0 saturated heterocycles. The van der Waals surface area contributed by atoms with E-state index in [9.17, 15) is 13.2 Å². The minimum atomic E-state index is -3.64. The molecule has 11 heteroatoms. The molecule has 4 rings (SSSR count). The summed E-state index contributed by atoms with van der Waals surface area (Å²) in [4.78, 5) is 20.5. The van der Waals surface area contributed by atoms with Gasteiger partial charge in [0.2, 0.25) is 10.0 Å². The molecule has 1 amide bonds. The fraction of sp³-hybridized carbons (Fsp3) is 0.393. The van der Waals surface area contributed by atoms with Crippen molar-refractivity contribution >= 4 is 54.2 Å². The first-order chi connectivity index (χ1) is 18.5. The number of carbonyl (C=O) groups is 1. The van der Waals surface area contributed by atoms with E-state index in [1.807, 2.05) is 57.5 Å². The average molecular weight is 588 g/mol. The van der Waals surface area contributed by atoms with E-state index in [0.717, 1.165) is 40.0 Å². The van der Waals surface area contributed by atoms with E-state index in [1.165, 1.54) is 27.8 Å². The molecule has 0 spiro atoms. The van der Waals surface area contributed by atoms with Crippen LogP contribution in [0, 0.1) is 20.8 Å². The topological polar surface area (TPSA) is 88.4 Å². The van der Waals surface area contributed by atoms with Crippen molar-refractivity contribution in [3.8, 4) is 0 Å². The van der Waals surface area contributed by atoms with Gasteiger partial charge in [-0.3, -0.25) is 14.4 Å². The normalized spacial score (nSPS) is 12.0. The van der Waals surface area contributed by atoms with E-state index >= 15 is 0 Å². The third-order valence-corrected chi connectivity index (χ3v) is 9.84. The fourth-order valence-corrected chi connectivity index (χ4v) is 7.43. The zero-order chi connectivity index (χ0) is 28.3. The number of rotatable bonds is 11. The number of carbonyl (C=O) groups excluding carboxylic acids is 1. The van der Waals surface area contributed by atoms with Crippen LogP contribution < -0.4 is 4.90 Å². The van der Waals surface area contributed by atoms with Crippen LogP contribution in [-0.4, -0.2) is 53.0 Å². The SMILES string of the molecule is CCCCN(CC)S(=O)(=O)c1ccc(C(=O)N(CCn2nc(C)cc2C)c2nc3c(C)cc(Cl)cc3s2)cc1. The number of aryl methyl sites for hydroxylation is 3. The lowest BCUT2D eigenvalue weighted by atomic mass is 10.2. The van der Waals surface area contributed by atoms with Crippen molar-refractivity contribution in [2.45, 2.75) is 58.9 Å². The summed E-state index contributed by atoms with van der Waals surface area (Å²) in [6.07, 6.45) is 1.70. The van der Waals surface area contributed by atoms with E-state index in [-0.39, 0.29) is 10.8 Å². The summed E-state index contributed by atoms with van der Waals surface area (Å²) in [6.45, 7) is 11.4. The molecular weight excluding hydrogens is 554 g/mol. The Balaban J connectivity index is 1.67. The molecule has 0 N–H and O–H groups in total. The van der Waals surface area contributed by atoms with Crippen molar-refractivity contribution in [3.63, 3.8) is 0 Å². The van der Waals surface area contributed by atoms with Crippen LogP contribution in [0.3, 0.4) is 0 Å². The Kier molecular flexibility index (Phi) is 9.10. The molecule has 0 unspecified atom stereocenters. The van der Waals surface area contributed by atoms with Crippen LogP contribution in [0.4, 0.5) is 5.13 Å². The fourth-order valence-electron chi connectivity index (χ4n) is 4.50. The highest BCUT2D eigenvalue weighted by atomic mass is 35.5. The minimum Gasteiger partial charge on any atom is -0.282 e. The second kappa shape index (κ2) is 12.2. The highest BCUT2D eigenvalue weighted by molar-refractivity contribution is 7.89. The van der Waals surface area contributed by atoms with Gasteiger partial charge < -0.3 is 0 Å². The van der Waals surface area contributed by atoms with E-state index in [4.69, 9.17) is 16.6 Å². The third kappa shape index (κ3) is 6.35. The first-order valence-electron chi connectivity index (χ1n) is 13.0. The number of hydrogen-bond donors (Lipinski definition) is 0. The average Bonchev–Trinajstić information content (AvgIpc) is 3.46. The zero-order valence-electron chi connectivity index (χ0n) is 22.9. The summed E-state index contributed by atoms with van der Waals surface area (Å²) in [5.74, 6) is -0.262. The molecule has 0 atom stereocenters. The van der Waals surface area contributed by atoms with E-state index in [0.29, 0.717) is 41.9 Å². The van der Waals surface area contributed by atoms with E-state index in [1.54, 1.807) is 17.0 Å². The molecular formula is C28H34ClN5O3S2. The van der Waals surface area contributed by atoms with Gasteiger partial charge in [0, 0.05) is 35.9 Å². The first kappa shape index (κ1) is 29.2. The molecule has 208 valence electrons. The summed E-state index contributed by atoms with van der Waals surface area (Å²) in [6, 6.07) is 11.9. The van der Waals surface area contributed by atoms with Gasteiger partial charge in [-0.1, -0.05) is 43.2 Å². The Morgan fingerprint density at radius 3 is 2.38 bits per heavy atom. The molecule has 4 aromatic rings. The number of benzene rings is 2. The van der Waals surface area contributed by atoms with Crippen molar-refractivity contribution < 1.29 is 13.2 Å². The van der Waals surface area contributed by atoms with Crippen LogP contribution in [0.5, 0.6) is 0 Å². The summed E-state index contributed by atoms with van der Waals surface area (Å²) in [5, 5.41) is 5.70. The monoisotopic (exact) mass is 587 g/mol. The minimum absolute atomic E-state index is 0.177. The lowest BCUT2D eigenvalue weighted by molar-refractivity contribution is 0.0985. The molecule has 0 bridgehead atoms. The van der Waals surface area contributed by atoms with Crippen LogP contribution in [0.2, 0.25) is 5.02 Å². The molecule has 0 aliphatic carbocycles. The largest absolute Gasteiger partial charge is 0.282 e. The highest BCUT2D eigenvalue weighted by Crippen LogP contribution is 2.34. The molecule has 2 aromatic heterocycles. The summed E-state index contributed by atoms with van der Waals surface area (Å²) >= 11 is 7.68. The van der Waals surface area contributed by atoms with Crippen molar-refractivity contribution in [1.82, 2.24) is 19.1 Å². The smallest absolute Gasteiger partial charge is 0.260 e. The van der Waals surface area contributed by atoms with Gasteiger partial charge in [-0.05, 0) is 75.2 Å². The van der Waals surface area contributed by atoms with Crippen LogP contribution >= 0.6 is 22.9 Å². The predicted molar refractivity (Wildman–Crippen MR) is 159 cm³/mol. The van der Waals surface area contributed by atoms with E-state index in [2.05, 4.69) is 5.10 Å². The second-order valence-electron chi connectivity index (χ2n) is 9.55. The van der Waals surface area contributed by atoms with Gasteiger partial charge in [0.05, 0.1) is 27.4 Å². The number of unbranched alkanes of at least 4 members (excludes halogenated alkanes) is 1. The third-order valence-electron chi connectivity index (χ3n) is 6.61. The summed E-state index contributed by atoms with van der Waals surface area (Å²) in [7, 11) is -3.64. The highest BCUT2D eigenvalue weighted by Gasteiger charge is 2.25. The van der Waals surface area contributed by atoms with Crippen molar-refractivity contribution in [2.24, 2.45) is 0 Å². The van der Waals surface area contributed by atoms with Gasteiger partial charge in [0.1, 0.15) is 0 Å². The molecule has 0 saturated carbocycles. The Bertz CT molecular complexity index is 1580. The molecule has 8 nitrogen and oxygen atoms in total. The maximum Gasteiger partial charge on any atom is 0.260 e. The maximum absolute atomic E-state index is 13.9. The number of nitrogens with zero attached hydrogens (tertiary/aromatic N) is 5. The summed E-state index contributed by atoms with van der Waals surface area (Å²) < 4.78 is 30.6. The Labute approximate surface area is 239 Å². The quantitative estimate of drug-likeness (QED) is 0.208. The van der Waals surface area contributed by atoms with Crippen molar-refractivity contribution in [2.75, 3.05) is 24.5 Å². The van der Waals surface area contributed by atoms with Gasteiger partial charge in [-0.2, -0.15) is 9.40 Å². The number of thiazole rings is 1. The lowest BCUT2D eigenvalue weighted by Crippen LogP contribution is -2.34. The van der Waals surface area contributed by atoms with Crippen LogP contribution in [-0.2, 0) is 16.6 Å². The number of aromatic nitrogens is 3. The lowest BCUT2D eigenvalue weighted by Gasteiger charge is -2.22. The number of amides is 1. The Morgan fingerprint density at radius 2 is 1.77 bits per heavy atom.